The van der Waals surface area contributed by atoms with Crippen LogP contribution in [0.4, 0.5) is 5.69 Å². The van der Waals surface area contributed by atoms with Crippen molar-refractivity contribution in [3.63, 3.8) is 0 Å². The minimum atomic E-state index is -3.83. The molecular formula is C24H30N4O4S. The van der Waals surface area contributed by atoms with Crippen molar-refractivity contribution in [2.24, 2.45) is 10.3 Å². The zero-order chi connectivity index (χ0) is 24.2. The normalized spacial score (nSPS) is 16.2. The maximum atomic E-state index is 12.9. The van der Waals surface area contributed by atoms with E-state index in [-0.39, 0.29) is 22.6 Å². The van der Waals surface area contributed by atoms with Crippen molar-refractivity contribution >= 4 is 33.4 Å². The lowest BCUT2D eigenvalue weighted by Gasteiger charge is -2.22. The zero-order valence-corrected chi connectivity index (χ0v) is 20.1. The molecule has 0 radical (unpaired) electrons. The standard InChI is InChI=1S/C24H30N4O4S/c1-16(2)22(26-23(29)18-8-5-7-17(3)15-18)24(30)25-19-10-12-20(13-11-19)33(31,32)27-21-9-6-14-28(21)4/h5,7-8,10-13,15-16,22H,6,9,14H2,1-4H3,(H,25,30)(H,26,29)/b27-21+. The van der Waals surface area contributed by atoms with Crippen LogP contribution in [0.15, 0.2) is 57.8 Å². The van der Waals surface area contributed by atoms with Gasteiger partial charge in [0.2, 0.25) is 5.91 Å². The molecule has 2 aromatic rings. The van der Waals surface area contributed by atoms with Crippen LogP contribution < -0.4 is 10.6 Å². The molecule has 1 saturated heterocycles. The smallest absolute Gasteiger partial charge is 0.283 e. The minimum Gasteiger partial charge on any atom is -0.362 e. The van der Waals surface area contributed by atoms with Gasteiger partial charge in [-0.2, -0.15) is 8.42 Å². The first kappa shape index (κ1) is 24.4. The summed E-state index contributed by atoms with van der Waals surface area (Å²) in [6, 6.07) is 12.3. The highest BCUT2D eigenvalue weighted by Crippen LogP contribution is 2.19. The second-order valence-corrected chi connectivity index (χ2v) is 10.2. The molecule has 1 heterocycles. The summed E-state index contributed by atoms with van der Waals surface area (Å²) in [5.41, 5.74) is 1.87. The van der Waals surface area contributed by atoms with E-state index in [9.17, 15) is 18.0 Å². The molecule has 33 heavy (non-hydrogen) atoms. The molecule has 3 rings (SSSR count). The highest BCUT2D eigenvalue weighted by molar-refractivity contribution is 7.90. The average Bonchev–Trinajstić information content (AvgIpc) is 3.15. The van der Waals surface area contributed by atoms with Crippen molar-refractivity contribution in [1.29, 1.82) is 0 Å². The number of amides is 2. The van der Waals surface area contributed by atoms with Gasteiger partial charge in [0.15, 0.2) is 0 Å². The topological polar surface area (TPSA) is 108 Å². The third-order valence-corrected chi connectivity index (χ3v) is 6.81. The van der Waals surface area contributed by atoms with Crippen molar-refractivity contribution in [3.05, 3.63) is 59.7 Å². The highest BCUT2D eigenvalue weighted by Gasteiger charge is 2.25. The summed E-state index contributed by atoms with van der Waals surface area (Å²) in [5, 5.41) is 5.55. The van der Waals surface area contributed by atoms with E-state index in [2.05, 4.69) is 15.0 Å². The largest absolute Gasteiger partial charge is 0.362 e. The molecule has 0 aliphatic carbocycles. The number of sulfonamides is 1. The third-order valence-electron chi connectivity index (χ3n) is 5.50. The number of aryl methyl sites for hydroxylation is 1. The predicted molar refractivity (Wildman–Crippen MR) is 129 cm³/mol. The van der Waals surface area contributed by atoms with Gasteiger partial charge in [0, 0.05) is 31.3 Å². The van der Waals surface area contributed by atoms with Crippen molar-refractivity contribution in [3.8, 4) is 0 Å². The van der Waals surface area contributed by atoms with Crippen LogP contribution in [0.2, 0.25) is 0 Å². The molecule has 8 nitrogen and oxygen atoms in total. The molecule has 1 aliphatic heterocycles. The van der Waals surface area contributed by atoms with Crippen molar-refractivity contribution < 1.29 is 18.0 Å². The molecule has 176 valence electrons. The predicted octanol–water partition coefficient (Wildman–Crippen LogP) is 3.20. The van der Waals surface area contributed by atoms with E-state index in [1.807, 2.05) is 38.8 Å². The van der Waals surface area contributed by atoms with Gasteiger partial charge < -0.3 is 15.5 Å². The Kier molecular flexibility index (Phi) is 7.53. The number of hydrogen-bond donors (Lipinski definition) is 2. The van der Waals surface area contributed by atoms with Gasteiger partial charge in [-0.3, -0.25) is 9.59 Å². The SMILES string of the molecule is Cc1cccc(C(=O)NC(C(=O)Nc2ccc(S(=O)(=O)/N=C3\CCCN3C)cc2)C(C)C)c1. The Balaban J connectivity index is 1.69. The van der Waals surface area contributed by atoms with E-state index in [4.69, 9.17) is 0 Å². The van der Waals surface area contributed by atoms with Crippen LogP contribution >= 0.6 is 0 Å². The number of benzene rings is 2. The maximum Gasteiger partial charge on any atom is 0.283 e. The van der Waals surface area contributed by atoms with Crippen molar-refractivity contribution in [1.82, 2.24) is 10.2 Å². The second-order valence-electron chi connectivity index (χ2n) is 8.59. The van der Waals surface area contributed by atoms with E-state index < -0.39 is 16.1 Å². The number of carbonyl (C=O) groups excluding carboxylic acids is 2. The van der Waals surface area contributed by atoms with Crippen LogP contribution in [0.25, 0.3) is 0 Å². The summed E-state index contributed by atoms with van der Waals surface area (Å²) >= 11 is 0. The van der Waals surface area contributed by atoms with Gasteiger partial charge in [-0.15, -0.1) is 4.40 Å². The van der Waals surface area contributed by atoms with E-state index in [1.165, 1.54) is 24.3 Å². The molecule has 2 amide bonds. The van der Waals surface area contributed by atoms with E-state index in [0.717, 1.165) is 18.5 Å². The minimum absolute atomic E-state index is 0.0569. The number of nitrogens with zero attached hydrogens (tertiary/aromatic N) is 2. The Morgan fingerprint density at radius 1 is 1.09 bits per heavy atom. The number of hydrogen-bond acceptors (Lipinski definition) is 4. The van der Waals surface area contributed by atoms with Gasteiger partial charge in [-0.1, -0.05) is 31.5 Å². The van der Waals surface area contributed by atoms with Crippen molar-refractivity contribution in [2.75, 3.05) is 18.9 Å². The number of likely N-dealkylation sites (tertiary alicyclic amines) is 1. The number of amidine groups is 1. The monoisotopic (exact) mass is 470 g/mol. The quantitative estimate of drug-likeness (QED) is 0.646. The molecule has 2 N–H and O–H groups in total. The lowest BCUT2D eigenvalue weighted by Crippen LogP contribution is -2.47. The molecular weight excluding hydrogens is 440 g/mol. The second kappa shape index (κ2) is 10.2. The van der Waals surface area contributed by atoms with Crippen LogP contribution in [-0.2, 0) is 14.8 Å². The fourth-order valence-corrected chi connectivity index (χ4v) is 4.67. The molecule has 9 heteroatoms. The van der Waals surface area contributed by atoms with Gasteiger partial charge in [0.1, 0.15) is 11.9 Å². The number of anilines is 1. The van der Waals surface area contributed by atoms with Gasteiger partial charge in [-0.05, 0) is 55.7 Å². The summed E-state index contributed by atoms with van der Waals surface area (Å²) in [6.45, 7) is 6.37. The first-order valence-electron chi connectivity index (χ1n) is 10.9. The van der Waals surface area contributed by atoms with Crippen LogP contribution in [0.1, 0.15) is 42.6 Å². The molecule has 1 atom stereocenters. The Morgan fingerprint density at radius 3 is 2.36 bits per heavy atom. The Bertz CT molecular complexity index is 1160. The van der Waals surface area contributed by atoms with Crippen LogP contribution in [0.3, 0.4) is 0 Å². The summed E-state index contributed by atoms with van der Waals surface area (Å²) in [7, 11) is -2.00. The molecule has 1 unspecified atom stereocenters. The first-order chi connectivity index (χ1) is 15.6. The van der Waals surface area contributed by atoms with E-state index >= 15 is 0 Å². The maximum absolute atomic E-state index is 12.9. The van der Waals surface area contributed by atoms with Crippen LogP contribution in [0, 0.1) is 12.8 Å². The Labute approximate surface area is 195 Å². The van der Waals surface area contributed by atoms with E-state index in [1.54, 1.807) is 18.2 Å². The Hall–Kier alpha value is -3.20. The van der Waals surface area contributed by atoms with Crippen molar-refractivity contribution in [2.45, 2.75) is 44.6 Å². The third kappa shape index (κ3) is 6.19. The summed E-state index contributed by atoms with van der Waals surface area (Å²) in [4.78, 5) is 27.4. The van der Waals surface area contributed by atoms with Gasteiger partial charge in [0.25, 0.3) is 15.9 Å². The van der Waals surface area contributed by atoms with Crippen LogP contribution in [-0.4, -0.2) is 50.6 Å². The summed E-state index contributed by atoms with van der Waals surface area (Å²) < 4.78 is 29.1. The summed E-state index contributed by atoms with van der Waals surface area (Å²) in [5.74, 6) is -0.312. The molecule has 0 bridgehead atoms. The lowest BCUT2D eigenvalue weighted by atomic mass is 10.0. The van der Waals surface area contributed by atoms with Gasteiger partial charge >= 0.3 is 0 Å². The molecule has 0 saturated carbocycles. The first-order valence-corrected chi connectivity index (χ1v) is 12.3. The zero-order valence-electron chi connectivity index (χ0n) is 19.3. The number of rotatable bonds is 7. The molecule has 0 aromatic heterocycles. The molecule has 1 fully saturated rings. The van der Waals surface area contributed by atoms with Gasteiger partial charge in [-0.25, -0.2) is 0 Å². The molecule has 0 spiro atoms. The number of nitrogens with one attached hydrogen (secondary N) is 2. The van der Waals surface area contributed by atoms with E-state index in [0.29, 0.717) is 23.5 Å². The molecule has 1 aliphatic rings. The van der Waals surface area contributed by atoms with Gasteiger partial charge in [0.05, 0.1) is 4.90 Å². The van der Waals surface area contributed by atoms with Crippen LogP contribution in [0.5, 0.6) is 0 Å². The fraction of sp³-hybridized carbons (Fsp3) is 0.375. The average molecular weight is 471 g/mol. The summed E-state index contributed by atoms with van der Waals surface area (Å²) in [6.07, 6.45) is 1.52. The highest BCUT2D eigenvalue weighted by atomic mass is 32.2. The molecule has 2 aromatic carbocycles. The Morgan fingerprint density at radius 2 is 1.79 bits per heavy atom. The fourth-order valence-electron chi connectivity index (χ4n) is 3.58. The number of carbonyl (C=O) groups is 2. The lowest BCUT2D eigenvalue weighted by molar-refractivity contribution is -0.118.